The van der Waals surface area contributed by atoms with Crippen LogP contribution in [0.3, 0.4) is 0 Å². The van der Waals surface area contributed by atoms with E-state index in [9.17, 15) is 9.90 Å². The van der Waals surface area contributed by atoms with Gasteiger partial charge in [0, 0.05) is 51.6 Å². The van der Waals surface area contributed by atoms with E-state index in [0.717, 1.165) is 31.7 Å². The molecular weight excluding hydrogens is 322 g/mol. The molecule has 0 bridgehead atoms. The topological polar surface area (TPSA) is 83.1 Å². The summed E-state index contributed by atoms with van der Waals surface area (Å²) in [7, 11) is 1.60. The molecule has 1 aromatic rings. The molecule has 0 spiro atoms. The molecule has 2 atom stereocenters. The maximum atomic E-state index is 11.4. The van der Waals surface area contributed by atoms with Gasteiger partial charge in [-0.05, 0) is 17.7 Å². The fourth-order valence-corrected chi connectivity index (χ4v) is 3.33. The van der Waals surface area contributed by atoms with Gasteiger partial charge in [-0.1, -0.05) is 6.07 Å². The molecule has 7 heteroatoms. The summed E-state index contributed by atoms with van der Waals surface area (Å²) in [6.07, 6.45) is -0.0570. The second-order valence-corrected chi connectivity index (χ2v) is 6.63. The fourth-order valence-electron chi connectivity index (χ4n) is 3.33. The van der Waals surface area contributed by atoms with Crippen LogP contribution in [0.5, 0.6) is 11.5 Å². The number of aliphatic hydroxyl groups excluding tert-OH is 1. The van der Waals surface area contributed by atoms with Crippen molar-refractivity contribution in [2.45, 2.75) is 18.4 Å². The molecule has 1 amide bonds. The third-order valence-electron chi connectivity index (χ3n) is 4.75. The standard InChI is InChI=1S/C18H27N3O4/c1-24-16-3-2-13(14-9-18(23)20-10-14)8-17(16)25-12-15(22)11-21-6-4-19-5-7-21/h2-3,8,14-15,19,22H,4-7,9-12H2,1H3,(H,20,23). The molecular formula is C18H27N3O4. The summed E-state index contributed by atoms with van der Waals surface area (Å²) in [6, 6.07) is 5.74. The second-order valence-electron chi connectivity index (χ2n) is 6.63. The molecule has 7 nitrogen and oxygen atoms in total. The maximum absolute atomic E-state index is 11.4. The van der Waals surface area contributed by atoms with Crippen molar-refractivity contribution >= 4 is 5.91 Å². The van der Waals surface area contributed by atoms with Crippen LogP contribution in [0.25, 0.3) is 0 Å². The third-order valence-corrected chi connectivity index (χ3v) is 4.75. The Balaban J connectivity index is 1.58. The Labute approximate surface area is 148 Å². The molecule has 2 fully saturated rings. The highest BCUT2D eigenvalue weighted by molar-refractivity contribution is 5.79. The third kappa shape index (κ3) is 4.84. The number of hydrogen-bond acceptors (Lipinski definition) is 6. The van der Waals surface area contributed by atoms with E-state index in [4.69, 9.17) is 9.47 Å². The number of carbonyl (C=O) groups excluding carboxylic acids is 1. The molecule has 0 radical (unpaired) electrons. The highest BCUT2D eigenvalue weighted by Gasteiger charge is 2.24. The van der Waals surface area contributed by atoms with Crippen LogP contribution in [-0.4, -0.2) is 75.0 Å². The molecule has 0 aromatic heterocycles. The van der Waals surface area contributed by atoms with Crippen molar-refractivity contribution in [2.75, 3.05) is 53.0 Å². The van der Waals surface area contributed by atoms with Gasteiger partial charge in [-0.2, -0.15) is 0 Å². The van der Waals surface area contributed by atoms with Gasteiger partial charge in [-0.3, -0.25) is 9.69 Å². The molecule has 25 heavy (non-hydrogen) atoms. The van der Waals surface area contributed by atoms with Crippen LogP contribution in [0, 0.1) is 0 Å². The van der Waals surface area contributed by atoms with Gasteiger partial charge >= 0.3 is 0 Å². The number of nitrogens with zero attached hydrogens (tertiary/aromatic N) is 1. The number of benzene rings is 1. The smallest absolute Gasteiger partial charge is 0.220 e. The van der Waals surface area contributed by atoms with Gasteiger partial charge in [0.05, 0.1) is 7.11 Å². The molecule has 1 aromatic carbocycles. The summed E-state index contributed by atoms with van der Waals surface area (Å²) < 4.78 is 11.2. The molecule has 2 aliphatic heterocycles. The Bertz CT molecular complexity index is 590. The summed E-state index contributed by atoms with van der Waals surface area (Å²) >= 11 is 0. The number of piperazine rings is 1. The predicted octanol–water partition coefficient (Wildman–Crippen LogP) is -0.0564. The van der Waals surface area contributed by atoms with E-state index in [1.165, 1.54) is 0 Å². The zero-order valence-electron chi connectivity index (χ0n) is 14.7. The molecule has 0 saturated carbocycles. The van der Waals surface area contributed by atoms with Crippen LogP contribution in [0.4, 0.5) is 0 Å². The number of ether oxygens (including phenoxy) is 2. The molecule has 138 valence electrons. The van der Waals surface area contributed by atoms with Crippen LogP contribution >= 0.6 is 0 Å². The number of nitrogens with one attached hydrogen (secondary N) is 2. The van der Waals surface area contributed by atoms with Gasteiger partial charge < -0.3 is 25.2 Å². The van der Waals surface area contributed by atoms with E-state index in [1.54, 1.807) is 7.11 Å². The first-order valence-corrected chi connectivity index (χ1v) is 8.84. The van der Waals surface area contributed by atoms with E-state index in [1.807, 2.05) is 18.2 Å². The van der Waals surface area contributed by atoms with E-state index in [0.29, 0.717) is 31.0 Å². The lowest BCUT2D eigenvalue weighted by Gasteiger charge is -2.29. The first kappa shape index (κ1) is 18.0. The normalized spacial score (nSPS) is 22.5. The molecule has 3 rings (SSSR count). The Morgan fingerprint density at radius 1 is 1.32 bits per heavy atom. The van der Waals surface area contributed by atoms with Crippen molar-refractivity contribution in [3.63, 3.8) is 0 Å². The predicted molar refractivity (Wildman–Crippen MR) is 94.2 cm³/mol. The molecule has 2 aliphatic rings. The van der Waals surface area contributed by atoms with E-state index in [2.05, 4.69) is 15.5 Å². The van der Waals surface area contributed by atoms with Crippen LogP contribution in [0.1, 0.15) is 17.9 Å². The fraction of sp³-hybridized carbons (Fsp3) is 0.611. The molecule has 2 heterocycles. The van der Waals surface area contributed by atoms with Crippen LogP contribution in [0.15, 0.2) is 18.2 Å². The number of carbonyl (C=O) groups is 1. The number of amides is 1. The lowest BCUT2D eigenvalue weighted by atomic mass is 9.98. The van der Waals surface area contributed by atoms with Crippen molar-refractivity contribution in [1.82, 2.24) is 15.5 Å². The van der Waals surface area contributed by atoms with Crippen LogP contribution in [-0.2, 0) is 4.79 Å². The summed E-state index contributed by atoms with van der Waals surface area (Å²) in [5.41, 5.74) is 1.05. The Morgan fingerprint density at radius 2 is 2.12 bits per heavy atom. The van der Waals surface area contributed by atoms with Crippen LogP contribution in [0.2, 0.25) is 0 Å². The lowest BCUT2D eigenvalue weighted by Crippen LogP contribution is -2.47. The van der Waals surface area contributed by atoms with Crippen molar-refractivity contribution in [1.29, 1.82) is 0 Å². The Kier molecular flexibility index (Phi) is 6.12. The van der Waals surface area contributed by atoms with Gasteiger partial charge in [-0.25, -0.2) is 0 Å². The highest BCUT2D eigenvalue weighted by Crippen LogP contribution is 2.33. The number of methoxy groups -OCH3 is 1. The summed E-state index contributed by atoms with van der Waals surface area (Å²) in [4.78, 5) is 13.7. The van der Waals surface area contributed by atoms with Crippen molar-refractivity contribution in [3.05, 3.63) is 23.8 Å². The SMILES string of the molecule is COc1ccc(C2CNC(=O)C2)cc1OCC(O)CN1CCNCC1. The Hall–Kier alpha value is -1.83. The second kappa shape index (κ2) is 8.51. The van der Waals surface area contributed by atoms with Crippen LogP contribution < -0.4 is 20.1 Å². The van der Waals surface area contributed by atoms with E-state index < -0.39 is 6.10 Å². The summed E-state index contributed by atoms with van der Waals surface area (Å²) in [5, 5.41) is 16.4. The van der Waals surface area contributed by atoms with Gasteiger partial charge in [0.2, 0.25) is 5.91 Å². The van der Waals surface area contributed by atoms with Gasteiger partial charge in [0.1, 0.15) is 12.7 Å². The van der Waals surface area contributed by atoms with Gasteiger partial charge in [0.15, 0.2) is 11.5 Å². The maximum Gasteiger partial charge on any atom is 0.220 e. The summed E-state index contributed by atoms with van der Waals surface area (Å²) in [6.45, 7) is 5.26. The highest BCUT2D eigenvalue weighted by atomic mass is 16.5. The Morgan fingerprint density at radius 3 is 2.80 bits per heavy atom. The minimum atomic E-state index is -0.554. The summed E-state index contributed by atoms with van der Waals surface area (Å²) in [5.74, 6) is 1.48. The number of hydrogen-bond donors (Lipinski definition) is 3. The minimum absolute atomic E-state index is 0.0785. The average molecular weight is 349 g/mol. The zero-order chi connectivity index (χ0) is 17.6. The van der Waals surface area contributed by atoms with E-state index >= 15 is 0 Å². The number of β-amino-alcohol motifs (C(OH)–C–C–N with tert-alkyl or cyclic N) is 1. The lowest BCUT2D eigenvalue weighted by molar-refractivity contribution is -0.119. The van der Waals surface area contributed by atoms with Crippen molar-refractivity contribution < 1.29 is 19.4 Å². The van der Waals surface area contributed by atoms with E-state index in [-0.39, 0.29) is 18.4 Å². The first-order chi connectivity index (χ1) is 12.2. The molecule has 2 saturated heterocycles. The molecule has 2 unspecified atom stereocenters. The average Bonchev–Trinajstić information content (AvgIpc) is 3.07. The van der Waals surface area contributed by atoms with Crippen molar-refractivity contribution in [2.24, 2.45) is 0 Å². The van der Waals surface area contributed by atoms with Crippen molar-refractivity contribution in [3.8, 4) is 11.5 Å². The molecule has 0 aliphatic carbocycles. The number of rotatable bonds is 7. The first-order valence-electron chi connectivity index (χ1n) is 8.84. The monoisotopic (exact) mass is 349 g/mol. The minimum Gasteiger partial charge on any atom is -0.493 e. The zero-order valence-corrected chi connectivity index (χ0v) is 14.7. The molecule has 3 N–H and O–H groups in total. The quantitative estimate of drug-likeness (QED) is 0.640. The van der Waals surface area contributed by atoms with Gasteiger partial charge in [-0.15, -0.1) is 0 Å². The van der Waals surface area contributed by atoms with Gasteiger partial charge in [0.25, 0.3) is 0 Å². The number of aliphatic hydroxyl groups is 1. The largest absolute Gasteiger partial charge is 0.493 e.